The lowest BCUT2D eigenvalue weighted by Crippen LogP contribution is -2.54. The Labute approximate surface area is 239 Å². The van der Waals surface area contributed by atoms with Crippen LogP contribution in [0.3, 0.4) is 0 Å². The number of rotatable bonds is 7. The van der Waals surface area contributed by atoms with E-state index >= 15 is 0 Å². The average molecular weight is 564 g/mol. The van der Waals surface area contributed by atoms with Crippen LogP contribution in [0.1, 0.15) is 32.9 Å². The molecule has 0 saturated heterocycles. The monoisotopic (exact) mass is 563 g/mol. The summed E-state index contributed by atoms with van der Waals surface area (Å²) >= 11 is 0. The molecule has 0 atom stereocenters. The minimum Gasteiger partial charge on any atom is -0.314 e. The molecule has 2 aromatic heterocycles. The number of nitrogens with zero attached hydrogens (tertiary/aromatic N) is 5. The van der Waals surface area contributed by atoms with Gasteiger partial charge < -0.3 is 9.47 Å². The molecular weight excluding hydrogens is 534 g/mol. The van der Waals surface area contributed by atoms with Crippen LogP contribution in [-0.4, -0.2) is 57.7 Å². The quantitative estimate of drug-likeness (QED) is 0.267. The van der Waals surface area contributed by atoms with Crippen molar-refractivity contribution < 1.29 is 13.2 Å². The molecule has 0 saturated carbocycles. The zero-order chi connectivity index (χ0) is 28.6. The average Bonchev–Trinajstić information content (AvgIpc) is 3.69. The van der Waals surface area contributed by atoms with Crippen LogP contribution >= 0.6 is 0 Å². The van der Waals surface area contributed by atoms with Gasteiger partial charge in [0.2, 0.25) is 0 Å². The van der Waals surface area contributed by atoms with E-state index in [2.05, 4.69) is 41.4 Å². The van der Waals surface area contributed by atoms with Gasteiger partial charge in [-0.25, -0.2) is 8.96 Å². The second-order valence-electron chi connectivity index (χ2n) is 10.0. The molecule has 1 amide bonds. The minimum absolute atomic E-state index is 0.121. The summed E-state index contributed by atoms with van der Waals surface area (Å²) in [6.45, 7) is 0.243. The Morgan fingerprint density at radius 3 is 1.85 bits per heavy atom. The Hall–Kier alpha value is -4.73. The highest BCUT2D eigenvalue weighted by molar-refractivity contribution is 7.87. The first-order valence-electron chi connectivity index (χ1n) is 13.2. The van der Waals surface area contributed by atoms with Gasteiger partial charge in [-0.05, 0) is 34.9 Å². The SMILES string of the molecule is CN(C)S(=O)(=O)n1cnc(/C=C2/CN(C(c3ccccc3)(c3ccccc3)c3ccccc3)C(=O)c3cccn32)c1. The smallest absolute Gasteiger partial charge is 0.308 e. The van der Waals surface area contributed by atoms with E-state index in [9.17, 15) is 13.2 Å². The Balaban J connectivity index is 1.58. The van der Waals surface area contributed by atoms with Crippen LogP contribution in [0, 0.1) is 0 Å². The van der Waals surface area contributed by atoms with Crippen molar-refractivity contribution in [1.82, 2.24) is 22.7 Å². The van der Waals surface area contributed by atoms with Crippen LogP contribution in [0.5, 0.6) is 0 Å². The molecule has 3 aromatic carbocycles. The number of amides is 1. The lowest BCUT2D eigenvalue weighted by molar-refractivity contribution is 0.0620. The van der Waals surface area contributed by atoms with Crippen LogP contribution < -0.4 is 0 Å². The van der Waals surface area contributed by atoms with Crippen LogP contribution in [-0.2, 0) is 15.7 Å². The van der Waals surface area contributed by atoms with Gasteiger partial charge >= 0.3 is 10.2 Å². The van der Waals surface area contributed by atoms with Gasteiger partial charge in [0, 0.05) is 32.2 Å². The Morgan fingerprint density at radius 2 is 1.34 bits per heavy atom. The zero-order valence-electron chi connectivity index (χ0n) is 22.7. The maximum absolute atomic E-state index is 14.4. The van der Waals surface area contributed by atoms with Crippen molar-refractivity contribution >= 4 is 27.9 Å². The normalized spacial score (nSPS) is 15.0. The molecule has 1 aliphatic heterocycles. The van der Waals surface area contributed by atoms with E-state index in [0.717, 1.165) is 30.7 Å². The van der Waals surface area contributed by atoms with E-state index in [4.69, 9.17) is 0 Å². The molecule has 206 valence electrons. The lowest BCUT2D eigenvalue weighted by atomic mass is 9.75. The molecule has 6 rings (SSSR count). The van der Waals surface area contributed by atoms with E-state index in [-0.39, 0.29) is 12.5 Å². The highest BCUT2D eigenvalue weighted by atomic mass is 32.2. The van der Waals surface area contributed by atoms with Crippen LogP contribution in [0.2, 0.25) is 0 Å². The summed E-state index contributed by atoms with van der Waals surface area (Å²) in [5.74, 6) is -0.121. The standard InChI is InChI=1S/C32H29N5O3S/c1-34(2)41(39,40)35-22-28(33-24-35)21-29-23-37(31(38)30-19-12-20-36(29)30)32(25-13-6-3-7-14-25,26-15-8-4-9-16-26)27-17-10-5-11-18-27/h3-22,24H,23H2,1-2H3/b29-21-. The highest BCUT2D eigenvalue weighted by Crippen LogP contribution is 2.45. The fourth-order valence-corrected chi connectivity index (χ4v) is 6.31. The fraction of sp³-hybridized carbons (Fsp3) is 0.125. The first kappa shape index (κ1) is 26.5. The van der Waals surface area contributed by atoms with E-state index in [1.807, 2.05) is 88.5 Å². The molecule has 1 aliphatic rings. The third-order valence-corrected chi connectivity index (χ3v) is 9.10. The van der Waals surface area contributed by atoms with Gasteiger partial charge in [-0.1, -0.05) is 91.0 Å². The van der Waals surface area contributed by atoms with Crippen molar-refractivity contribution in [2.24, 2.45) is 0 Å². The van der Waals surface area contributed by atoms with Crippen molar-refractivity contribution in [3.05, 3.63) is 150 Å². The van der Waals surface area contributed by atoms with E-state index in [1.54, 1.807) is 0 Å². The number of aromatic nitrogens is 3. The third-order valence-electron chi connectivity index (χ3n) is 7.44. The molecule has 5 aromatic rings. The maximum Gasteiger partial charge on any atom is 0.308 e. The third kappa shape index (κ3) is 4.39. The summed E-state index contributed by atoms with van der Waals surface area (Å²) in [6.07, 6.45) is 6.44. The number of hydrogen-bond acceptors (Lipinski definition) is 4. The molecule has 0 bridgehead atoms. The first-order chi connectivity index (χ1) is 19.8. The highest BCUT2D eigenvalue weighted by Gasteiger charge is 2.47. The molecule has 9 heteroatoms. The van der Waals surface area contributed by atoms with Crippen molar-refractivity contribution in [3.63, 3.8) is 0 Å². The lowest BCUT2D eigenvalue weighted by Gasteiger charge is -2.47. The second kappa shape index (κ2) is 10.3. The summed E-state index contributed by atoms with van der Waals surface area (Å²) < 4.78 is 29.4. The number of carbonyl (C=O) groups is 1. The molecule has 0 radical (unpaired) electrons. The van der Waals surface area contributed by atoms with Crippen molar-refractivity contribution in [1.29, 1.82) is 0 Å². The summed E-state index contributed by atoms with van der Waals surface area (Å²) in [6, 6.07) is 33.8. The number of benzene rings is 3. The van der Waals surface area contributed by atoms with E-state index in [1.165, 1.54) is 26.6 Å². The summed E-state index contributed by atoms with van der Waals surface area (Å²) in [7, 11) is -0.765. The molecule has 0 fully saturated rings. The van der Waals surface area contributed by atoms with Gasteiger partial charge in [0.15, 0.2) is 0 Å². The number of carbonyl (C=O) groups excluding carboxylic acids is 1. The van der Waals surface area contributed by atoms with Crippen molar-refractivity contribution in [2.75, 3.05) is 20.6 Å². The Kier molecular flexibility index (Phi) is 6.69. The number of hydrogen-bond donors (Lipinski definition) is 0. The minimum atomic E-state index is -3.71. The molecule has 8 nitrogen and oxygen atoms in total. The number of fused-ring (bicyclic) bond motifs is 1. The first-order valence-corrected chi connectivity index (χ1v) is 14.6. The van der Waals surface area contributed by atoms with Crippen LogP contribution in [0.15, 0.2) is 122 Å². The van der Waals surface area contributed by atoms with E-state index in [0.29, 0.717) is 11.4 Å². The predicted molar refractivity (Wildman–Crippen MR) is 159 cm³/mol. The Bertz CT molecular complexity index is 1730. The van der Waals surface area contributed by atoms with Gasteiger partial charge in [0.05, 0.1) is 12.2 Å². The molecule has 0 aliphatic carbocycles. The van der Waals surface area contributed by atoms with Crippen LogP contribution in [0.4, 0.5) is 0 Å². The topological polar surface area (TPSA) is 80.4 Å². The second-order valence-corrected chi connectivity index (χ2v) is 12.1. The molecule has 0 spiro atoms. The summed E-state index contributed by atoms with van der Waals surface area (Å²) in [4.78, 5) is 20.7. The summed E-state index contributed by atoms with van der Waals surface area (Å²) in [5, 5.41) is 0. The molecule has 3 heterocycles. The van der Waals surface area contributed by atoms with Gasteiger partial charge in [0.1, 0.15) is 17.6 Å². The van der Waals surface area contributed by atoms with Crippen molar-refractivity contribution in [3.8, 4) is 0 Å². The molecule has 0 N–H and O–H groups in total. The zero-order valence-corrected chi connectivity index (χ0v) is 23.5. The fourth-order valence-electron chi connectivity index (χ4n) is 5.53. The van der Waals surface area contributed by atoms with Gasteiger partial charge in [-0.15, -0.1) is 0 Å². The van der Waals surface area contributed by atoms with Crippen molar-refractivity contribution in [2.45, 2.75) is 5.54 Å². The Morgan fingerprint density at radius 1 is 0.805 bits per heavy atom. The molecule has 0 unspecified atom stereocenters. The summed E-state index contributed by atoms with van der Waals surface area (Å²) in [5.41, 5.74) is 3.65. The van der Waals surface area contributed by atoms with E-state index < -0.39 is 15.7 Å². The van der Waals surface area contributed by atoms with Gasteiger partial charge in [-0.2, -0.15) is 12.7 Å². The molecule has 41 heavy (non-hydrogen) atoms. The predicted octanol–water partition coefficient (Wildman–Crippen LogP) is 4.79. The molecular formula is C32H29N5O3S. The number of imidazole rings is 1. The van der Waals surface area contributed by atoms with Crippen LogP contribution in [0.25, 0.3) is 11.8 Å². The van der Waals surface area contributed by atoms with Gasteiger partial charge in [-0.3, -0.25) is 4.79 Å². The maximum atomic E-state index is 14.4. The largest absolute Gasteiger partial charge is 0.314 e. The van der Waals surface area contributed by atoms with Gasteiger partial charge in [0.25, 0.3) is 5.91 Å².